The molecule has 0 radical (unpaired) electrons. The third-order valence-electron chi connectivity index (χ3n) is 5.30. The molecule has 0 bridgehead atoms. The van der Waals surface area contributed by atoms with Crippen LogP contribution in [0.15, 0.2) is 40.8 Å². The molecule has 1 aliphatic carbocycles. The molecule has 180 valence electrons. The third kappa shape index (κ3) is 5.17. The molecule has 2 aromatic carbocycles. The molecule has 34 heavy (non-hydrogen) atoms. The van der Waals surface area contributed by atoms with Gasteiger partial charge in [-0.3, -0.25) is 13.8 Å². The highest BCUT2D eigenvalue weighted by Crippen LogP contribution is 2.46. The summed E-state index contributed by atoms with van der Waals surface area (Å²) in [7, 11) is -1.15. The monoisotopic (exact) mass is 488 g/mol. The second-order valence-electron chi connectivity index (χ2n) is 9.02. The standard InChI is InChI=1S/C26H26F2O5S/c1-14-18(11-16-7-9-17(10-8-16)34(6)31)22-21(28)12-20(27)19(13-32-25(30)26(3,4)5)23(22)24(14)33-15(2)29/h7-12H,13H2,1-6H3. The van der Waals surface area contributed by atoms with Crippen LogP contribution in [0, 0.1) is 17.0 Å². The number of benzene rings is 2. The molecule has 3 rings (SSSR count). The first-order valence-electron chi connectivity index (χ1n) is 10.5. The molecule has 0 amide bonds. The third-order valence-corrected chi connectivity index (χ3v) is 6.24. The maximum Gasteiger partial charge on any atom is 0.311 e. The molecule has 0 heterocycles. The molecular formula is C26H26F2O5S. The highest BCUT2D eigenvalue weighted by molar-refractivity contribution is 7.84. The molecule has 8 heteroatoms. The number of carbonyl (C=O) groups excluding carboxylic acids is 2. The van der Waals surface area contributed by atoms with E-state index in [1.807, 2.05) is 0 Å². The zero-order valence-corrected chi connectivity index (χ0v) is 20.7. The van der Waals surface area contributed by atoms with Crippen LogP contribution in [0.2, 0.25) is 0 Å². The van der Waals surface area contributed by atoms with Crippen molar-refractivity contribution in [2.45, 2.75) is 46.1 Å². The van der Waals surface area contributed by atoms with Gasteiger partial charge < -0.3 is 9.47 Å². The summed E-state index contributed by atoms with van der Waals surface area (Å²) < 4.78 is 52.4. The molecule has 5 nitrogen and oxygen atoms in total. The van der Waals surface area contributed by atoms with Gasteiger partial charge >= 0.3 is 11.9 Å². The lowest BCUT2D eigenvalue weighted by Gasteiger charge is -2.19. The lowest BCUT2D eigenvalue weighted by Crippen LogP contribution is -2.23. The fraction of sp³-hybridized carbons (Fsp3) is 0.308. The Bertz CT molecular complexity index is 1250. The van der Waals surface area contributed by atoms with Crippen LogP contribution >= 0.6 is 0 Å². The molecule has 0 saturated heterocycles. The van der Waals surface area contributed by atoms with Crippen LogP contribution in [0.5, 0.6) is 0 Å². The molecule has 0 fully saturated rings. The molecule has 1 aliphatic rings. The fourth-order valence-electron chi connectivity index (χ4n) is 3.54. The van der Waals surface area contributed by atoms with Crippen molar-refractivity contribution >= 4 is 40.1 Å². The van der Waals surface area contributed by atoms with E-state index in [2.05, 4.69) is 0 Å². The number of ether oxygens (including phenoxy) is 2. The summed E-state index contributed by atoms with van der Waals surface area (Å²) in [5.74, 6) is -2.94. The van der Waals surface area contributed by atoms with E-state index < -0.39 is 46.4 Å². The Morgan fingerprint density at radius 1 is 1.06 bits per heavy atom. The zero-order chi connectivity index (χ0) is 25.4. The SMILES string of the molecule is CC(=O)OC1=C(C)C(=Cc2ccc(S(C)=O)cc2)c2c(F)cc(F)c(COC(=O)C(C)(C)C)c21. The van der Waals surface area contributed by atoms with E-state index in [9.17, 15) is 18.2 Å². The van der Waals surface area contributed by atoms with Gasteiger partial charge in [0.1, 0.15) is 24.0 Å². The number of esters is 2. The number of allylic oxidation sites excluding steroid dienone is 2. The van der Waals surface area contributed by atoms with Gasteiger partial charge in [-0.1, -0.05) is 12.1 Å². The number of rotatable bonds is 5. The molecular weight excluding hydrogens is 462 g/mol. The summed E-state index contributed by atoms with van der Waals surface area (Å²) in [6, 6.07) is 7.59. The molecule has 0 N–H and O–H groups in total. The van der Waals surface area contributed by atoms with Gasteiger partial charge in [0.25, 0.3) is 0 Å². The van der Waals surface area contributed by atoms with Crippen LogP contribution in [0.3, 0.4) is 0 Å². The van der Waals surface area contributed by atoms with Crippen LogP contribution < -0.4 is 0 Å². The summed E-state index contributed by atoms with van der Waals surface area (Å²) >= 11 is 0. The van der Waals surface area contributed by atoms with Crippen LogP contribution in [0.4, 0.5) is 8.78 Å². The van der Waals surface area contributed by atoms with E-state index in [1.165, 1.54) is 6.92 Å². The minimum absolute atomic E-state index is 0.0141. The van der Waals surface area contributed by atoms with E-state index in [-0.39, 0.29) is 22.4 Å². The maximum atomic E-state index is 15.1. The normalized spacial score (nSPS) is 15.4. The summed E-state index contributed by atoms with van der Waals surface area (Å²) in [6.45, 7) is 7.37. The van der Waals surface area contributed by atoms with Gasteiger partial charge in [-0.05, 0) is 57.0 Å². The van der Waals surface area contributed by atoms with Gasteiger partial charge in [0, 0.05) is 57.2 Å². The van der Waals surface area contributed by atoms with Crippen molar-refractivity contribution in [1.29, 1.82) is 0 Å². The molecule has 1 atom stereocenters. The van der Waals surface area contributed by atoms with E-state index in [0.29, 0.717) is 21.6 Å². The van der Waals surface area contributed by atoms with Crippen LogP contribution in [-0.2, 0) is 36.5 Å². The topological polar surface area (TPSA) is 69.7 Å². The minimum atomic E-state index is -1.15. The van der Waals surface area contributed by atoms with E-state index >= 15 is 4.39 Å². The smallest absolute Gasteiger partial charge is 0.311 e. The van der Waals surface area contributed by atoms with Gasteiger partial charge in [-0.2, -0.15) is 0 Å². The van der Waals surface area contributed by atoms with Crippen molar-refractivity contribution in [2.24, 2.45) is 5.41 Å². The van der Waals surface area contributed by atoms with Crippen molar-refractivity contribution in [2.75, 3.05) is 6.26 Å². The fourth-order valence-corrected chi connectivity index (χ4v) is 4.06. The first kappa shape index (κ1) is 25.5. The summed E-state index contributed by atoms with van der Waals surface area (Å²) in [6.07, 6.45) is 3.25. The van der Waals surface area contributed by atoms with Crippen LogP contribution in [-0.4, -0.2) is 22.4 Å². The zero-order valence-electron chi connectivity index (χ0n) is 19.9. The Morgan fingerprint density at radius 3 is 2.21 bits per heavy atom. The quantitative estimate of drug-likeness (QED) is 0.510. The van der Waals surface area contributed by atoms with E-state index in [1.54, 1.807) is 64.3 Å². The first-order valence-corrected chi connectivity index (χ1v) is 12.1. The largest absolute Gasteiger partial charge is 0.460 e. The molecule has 0 aliphatic heterocycles. The Kier molecular flexibility index (Phi) is 7.21. The second-order valence-corrected chi connectivity index (χ2v) is 10.4. The number of fused-ring (bicyclic) bond motifs is 1. The molecule has 1 unspecified atom stereocenters. The van der Waals surface area contributed by atoms with Gasteiger partial charge in [0.15, 0.2) is 0 Å². The summed E-state index contributed by atoms with van der Waals surface area (Å²) in [5, 5.41) is 0. The first-order chi connectivity index (χ1) is 15.8. The van der Waals surface area contributed by atoms with E-state index in [4.69, 9.17) is 9.47 Å². The second kappa shape index (κ2) is 9.62. The molecule has 2 aromatic rings. The Labute approximate surface area is 199 Å². The van der Waals surface area contributed by atoms with Crippen LogP contribution in [0.1, 0.15) is 56.9 Å². The van der Waals surface area contributed by atoms with Crippen LogP contribution in [0.25, 0.3) is 17.4 Å². The predicted molar refractivity (Wildman–Crippen MR) is 127 cm³/mol. The highest BCUT2D eigenvalue weighted by atomic mass is 32.2. The van der Waals surface area contributed by atoms with E-state index in [0.717, 1.165) is 6.07 Å². The van der Waals surface area contributed by atoms with Crippen molar-refractivity contribution in [3.8, 4) is 0 Å². The average Bonchev–Trinajstić information content (AvgIpc) is 2.99. The van der Waals surface area contributed by atoms with Gasteiger partial charge in [-0.25, -0.2) is 8.78 Å². The van der Waals surface area contributed by atoms with Crippen molar-refractivity contribution in [3.63, 3.8) is 0 Å². The summed E-state index contributed by atoms with van der Waals surface area (Å²) in [4.78, 5) is 24.7. The molecule has 0 saturated carbocycles. The predicted octanol–water partition coefficient (Wildman–Crippen LogP) is 5.64. The number of carbonyl (C=O) groups is 2. The van der Waals surface area contributed by atoms with Crippen molar-refractivity contribution in [3.05, 3.63) is 69.8 Å². The minimum Gasteiger partial charge on any atom is -0.460 e. The van der Waals surface area contributed by atoms with Crippen molar-refractivity contribution < 1.29 is 32.1 Å². The highest BCUT2D eigenvalue weighted by Gasteiger charge is 2.34. The number of hydrogen-bond acceptors (Lipinski definition) is 5. The lowest BCUT2D eigenvalue weighted by molar-refractivity contribution is -0.154. The molecule has 0 spiro atoms. The Balaban J connectivity index is 2.18. The average molecular weight is 489 g/mol. The number of hydrogen-bond donors (Lipinski definition) is 0. The Morgan fingerprint density at radius 2 is 1.68 bits per heavy atom. The van der Waals surface area contributed by atoms with Crippen molar-refractivity contribution in [1.82, 2.24) is 0 Å². The molecule has 0 aromatic heterocycles. The van der Waals surface area contributed by atoms with Gasteiger partial charge in [0.2, 0.25) is 0 Å². The Hall–Kier alpha value is -3.13. The number of halogens is 2. The van der Waals surface area contributed by atoms with Gasteiger partial charge in [-0.15, -0.1) is 0 Å². The maximum absolute atomic E-state index is 15.1. The summed E-state index contributed by atoms with van der Waals surface area (Å²) in [5.41, 5.74) is 0.722. The van der Waals surface area contributed by atoms with Gasteiger partial charge in [0.05, 0.1) is 5.41 Å². The lowest BCUT2D eigenvalue weighted by atomic mass is 9.96.